The molecule has 6 nitrogen and oxygen atoms in total. The van der Waals surface area contributed by atoms with Crippen LogP contribution in [0.15, 0.2) is 0 Å². The SMILES string of the molecule is COC(=O)C(NCC1(O)CCC(C(=O)O)CC1)C(C)C. The Morgan fingerprint density at radius 2 is 1.90 bits per heavy atom. The Morgan fingerprint density at radius 1 is 1.35 bits per heavy atom. The van der Waals surface area contributed by atoms with Gasteiger partial charge in [-0.1, -0.05) is 13.8 Å². The fourth-order valence-electron chi connectivity index (χ4n) is 2.60. The Balaban J connectivity index is 2.51. The predicted octanol–water partition coefficient (Wildman–Crippen LogP) is 0.779. The lowest BCUT2D eigenvalue weighted by Gasteiger charge is -2.36. The standard InChI is InChI=1S/C14H25NO5/c1-9(2)11(13(18)20-3)15-8-14(19)6-4-10(5-7-14)12(16)17/h9-11,15,19H,4-8H2,1-3H3,(H,16,17). The van der Waals surface area contributed by atoms with Gasteiger partial charge >= 0.3 is 11.9 Å². The molecule has 0 aliphatic heterocycles. The minimum absolute atomic E-state index is 0.0569. The van der Waals surface area contributed by atoms with Crippen molar-refractivity contribution >= 4 is 11.9 Å². The summed E-state index contributed by atoms with van der Waals surface area (Å²) in [6.07, 6.45) is 1.81. The van der Waals surface area contributed by atoms with E-state index < -0.39 is 17.6 Å². The molecular weight excluding hydrogens is 262 g/mol. The quantitative estimate of drug-likeness (QED) is 0.625. The van der Waals surface area contributed by atoms with E-state index >= 15 is 0 Å². The van der Waals surface area contributed by atoms with Gasteiger partial charge in [-0.05, 0) is 31.6 Å². The van der Waals surface area contributed by atoms with E-state index in [1.165, 1.54) is 7.11 Å². The maximum atomic E-state index is 11.6. The molecule has 6 heteroatoms. The average Bonchev–Trinajstić information content (AvgIpc) is 2.38. The van der Waals surface area contributed by atoms with Gasteiger partial charge in [0, 0.05) is 6.54 Å². The molecule has 1 fully saturated rings. The van der Waals surface area contributed by atoms with Gasteiger partial charge in [0.15, 0.2) is 0 Å². The van der Waals surface area contributed by atoms with E-state index in [1.807, 2.05) is 13.8 Å². The largest absolute Gasteiger partial charge is 0.481 e. The van der Waals surface area contributed by atoms with Crippen LogP contribution in [0, 0.1) is 11.8 Å². The summed E-state index contributed by atoms with van der Waals surface area (Å²) in [5.41, 5.74) is -0.937. The van der Waals surface area contributed by atoms with Gasteiger partial charge in [0.25, 0.3) is 0 Å². The minimum atomic E-state index is -0.937. The number of hydrogen-bond acceptors (Lipinski definition) is 5. The maximum absolute atomic E-state index is 11.6. The van der Waals surface area contributed by atoms with Crippen molar-refractivity contribution in [3.8, 4) is 0 Å². The molecule has 116 valence electrons. The monoisotopic (exact) mass is 287 g/mol. The van der Waals surface area contributed by atoms with Gasteiger partial charge in [0.1, 0.15) is 6.04 Å². The number of rotatable bonds is 6. The number of ether oxygens (including phenoxy) is 1. The molecule has 1 aliphatic rings. The van der Waals surface area contributed by atoms with Gasteiger partial charge in [-0.25, -0.2) is 0 Å². The molecule has 1 unspecified atom stereocenters. The van der Waals surface area contributed by atoms with Crippen LogP contribution in [0.1, 0.15) is 39.5 Å². The van der Waals surface area contributed by atoms with Crippen molar-refractivity contribution in [2.24, 2.45) is 11.8 Å². The molecule has 20 heavy (non-hydrogen) atoms. The van der Waals surface area contributed by atoms with Gasteiger partial charge in [-0.15, -0.1) is 0 Å². The Labute approximate surface area is 119 Å². The molecule has 1 rings (SSSR count). The normalized spacial score (nSPS) is 28.1. The molecule has 0 spiro atoms. The van der Waals surface area contributed by atoms with E-state index in [1.54, 1.807) is 0 Å². The summed E-state index contributed by atoms with van der Waals surface area (Å²) in [6, 6.07) is -0.457. The molecule has 1 atom stereocenters. The van der Waals surface area contributed by atoms with Gasteiger partial charge in [0.2, 0.25) is 0 Å². The Kier molecular flexibility index (Phi) is 5.95. The van der Waals surface area contributed by atoms with Crippen molar-refractivity contribution in [3.05, 3.63) is 0 Å². The predicted molar refractivity (Wildman–Crippen MR) is 73.2 cm³/mol. The minimum Gasteiger partial charge on any atom is -0.481 e. The number of carboxylic acid groups (broad SMARTS) is 1. The van der Waals surface area contributed by atoms with E-state index in [0.29, 0.717) is 25.7 Å². The first-order valence-corrected chi connectivity index (χ1v) is 7.05. The maximum Gasteiger partial charge on any atom is 0.323 e. The third-order valence-electron chi connectivity index (χ3n) is 4.04. The molecule has 1 saturated carbocycles. The molecule has 0 amide bonds. The second kappa shape index (κ2) is 7.04. The van der Waals surface area contributed by atoms with Crippen LogP contribution in [0.2, 0.25) is 0 Å². The fraction of sp³-hybridized carbons (Fsp3) is 0.857. The van der Waals surface area contributed by atoms with Crippen molar-refractivity contribution in [3.63, 3.8) is 0 Å². The Morgan fingerprint density at radius 3 is 2.30 bits per heavy atom. The Hall–Kier alpha value is -1.14. The number of carbonyl (C=O) groups is 2. The first kappa shape index (κ1) is 16.9. The molecule has 0 aromatic carbocycles. The highest BCUT2D eigenvalue weighted by Gasteiger charge is 2.37. The summed E-state index contributed by atoms with van der Waals surface area (Å²) in [4.78, 5) is 22.5. The van der Waals surface area contributed by atoms with E-state index in [-0.39, 0.29) is 24.3 Å². The van der Waals surface area contributed by atoms with E-state index in [4.69, 9.17) is 9.84 Å². The number of methoxy groups -OCH3 is 1. The molecule has 0 radical (unpaired) electrons. The van der Waals surface area contributed by atoms with Gasteiger partial charge in [-0.2, -0.15) is 0 Å². The Bertz CT molecular complexity index is 347. The van der Waals surface area contributed by atoms with E-state index in [9.17, 15) is 14.7 Å². The molecular formula is C14H25NO5. The molecule has 0 aromatic rings. The van der Waals surface area contributed by atoms with Crippen molar-refractivity contribution < 1.29 is 24.5 Å². The van der Waals surface area contributed by atoms with Gasteiger partial charge < -0.3 is 20.3 Å². The van der Waals surface area contributed by atoms with Crippen LogP contribution in [0.25, 0.3) is 0 Å². The third kappa shape index (κ3) is 4.45. The number of carbonyl (C=O) groups excluding carboxylic acids is 1. The third-order valence-corrected chi connectivity index (χ3v) is 4.04. The number of esters is 1. The summed E-state index contributed by atoms with van der Waals surface area (Å²) in [5, 5.41) is 22.4. The molecule has 0 saturated heterocycles. The van der Waals surface area contributed by atoms with Gasteiger partial charge in [-0.3, -0.25) is 9.59 Å². The summed E-state index contributed by atoms with van der Waals surface area (Å²) in [6.45, 7) is 4.08. The number of hydrogen-bond donors (Lipinski definition) is 3. The molecule has 1 aliphatic carbocycles. The average molecular weight is 287 g/mol. The summed E-state index contributed by atoms with van der Waals surface area (Å²) in [7, 11) is 1.34. The number of nitrogens with one attached hydrogen (secondary N) is 1. The van der Waals surface area contributed by atoms with Crippen molar-refractivity contribution in [1.82, 2.24) is 5.32 Å². The van der Waals surface area contributed by atoms with Crippen LogP contribution in [0.4, 0.5) is 0 Å². The van der Waals surface area contributed by atoms with Crippen LogP contribution >= 0.6 is 0 Å². The topological polar surface area (TPSA) is 95.9 Å². The van der Waals surface area contributed by atoms with Crippen LogP contribution in [0.3, 0.4) is 0 Å². The zero-order chi connectivity index (χ0) is 15.3. The second-order valence-corrected chi connectivity index (χ2v) is 5.96. The van der Waals surface area contributed by atoms with Crippen molar-refractivity contribution in [2.45, 2.75) is 51.2 Å². The highest BCUT2D eigenvalue weighted by Crippen LogP contribution is 2.32. The molecule has 0 aromatic heterocycles. The lowest BCUT2D eigenvalue weighted by atomic mass is 9.78. The van der Waals surface area contributed by atoms with Crippen LogP contribution in [-0.2, 0) is 14.3 Å². The number of aliphatic carboxylic acids is 1. The number of aliphatic hydroxyl groups is 1. The van der Waals surface area contributed by atoms with E-state index in [2.05, 4.69) is 5.32 Å². The van der Waals surface area contributed by atoms with Crippen molar-refractivity contribution in [1.29, 1.82) is 0 Å². The summed E-state index contributed by atoms with van der Waals surface area (Å²) < 4.78 is 4.73. The van der Waals surface area contributed by atoms with Crippen LogP contribution in [0.5, 0.6) is 0 Å². The first-order chi connectivity index (χ1) is 9.29. The fourth-order valence-corrected chi connectivity index (χ4v) is 2.60. The smallest absolute Gasteiger partial charge is 0.323 e. The summed E-state index contributed by atoms with van der Waals surface area (Å²) in [5.74, 6) is -1.45. The zero-order valence-corrected chi connectivity index (χ0v) is 12.4. The van der Waals surface area contributed by atoms with Gasteiger partial charge in [0.05, 0.1) is 18.6 Å². The number of carboxylic acids is 1. The zero-order valence-electron chi connectivity index (χ0n) is 12.4. The lowest BCUT2D eigenvalue weighted by molar-refractivity contribution is -0.145. The van der Waals surface area contributed by atoms with Crippen molar-refractivity contribution in [2.75, 3.05) is 13.7 Å². The highest BCUT2D eigenvalue weighted by atomic mass is 16.5. The van der Waals surface area contributed by atoms with Crippen LogP contribution in [-0.4, -0.2) is 47.4 Å². The lowest BCUT2D eigenvalue weighted by Crippen LogP contribution is -2.51. The molecule has 3 N–H and O–H groups in total. The second-order valence-electron chi connectivity index (χ2n) is 5.96. The molecule has 0 heterocycles. The summed E-state index contributed by atoms with van der Waals surface area (Å²) >= 11 is 0. The molecule has 0 bridgehead atoms. The highest BCUT2D eigenvalue weighted by molar-refractivity contribution is 5.75. The van der Waals surface area contributed by atoms with Crippen LogP contribution < -0.4 is 5.32 Å². The van der Waals surface area contributed by atoms with E-state index in [0.717, 1.165) is 0 Å². The first-order valence-electron chi connectivity index (χ1n) is 7.05.